The average Bonchev–Trinajstić information content (AvgIpc) is 3.68. The van der Waals surface area contributed by atoms with Gasteiger partial charge in [0.05, 0.1) is 33.0 Å². The van der Waals surface area contributed by atoms with Gasteiger partial charge in [-0.05, 0) is 75.2 Å². The van der Waals surface area contributed by atoms with E-state index >= 15 is 4.79 Å². The third-order valence-corrected chi connectivity index (χ3v) is 11.0. The summed E-state index contributed by atoms with van der Waals surface area (Å²) in [5.41, 5.74) is 6.69. The predicted molar refractivity (Wildman–Crippen MR) is 227 cm³/mol. The van der Waals surface area contributed by atoms with Crippen LogP contribution in [0.15, 0.2) is 175 Å². The Morgan fingerprint density at radius 1 is 0.526 bits per heavy atom. The van der Waals surface area contributed by atoms with Crippen molar-refractivity contribution in [3.05, 3.63) is 214 Å². The number of benzene rings is 6. The van der Waals surface area contributed by atoms with Gasteiger partial charge in [0.2, 0.25) is 0 Å². The van der Waals surface area contributed by atoms with Crippen molar-refractivity contribution in [2.45, 2.75) is 63.7 Å². The maximum absolute atomic E-state index is 15.1. The monoisotopic (exact) mass is 776 g/mol. The Morgan fingerprint density at radius 2 is 1.00 bits per heavy atom. The van der Waals surface area contributed by atoms with Crippen molar-refractivity contribution in [1.82, 2.24) is 0 Å². The van der Waals surface area contributed by atoms with Crippen molar-refractivity contribution in [3.8, 4) is 0 Å². The van der Waals surface area contributed by atoms with E-state index in [-0.39, 0.29) is 32.2 Å². The molecular formula is C50H48O6S. The van der Waals surface area contributed by atoms with Crippen molar-refractivity contribution < 1.29 is 28.8 Å². The molecule has 1 N–H and O–H groups in total. The summed E-state index contributed by atoms with van der Waals surface area (Å²) in [7, 11) is 0. The molecule has 1 aromatic heterocycles. The minimum atomic E-state index is -1.17. The second-order valence-electron chi connectivity index (χ2n) is 14.1. The van der Waals surface area contributed by atoms with E-state index in [4.69, 9.17) is 18.9 Å². The van der Waals surface area contributed by atoms with E-state index in [2.05, 4.69) is 29.6 Å². The number of thiophene rings is 1. The summed E-state index contributed by atoms with van der Waals surface area (Å²) in [6.07, 6.45) is -2.62. The third kappa shape index (κ3) is 11.4. The first-order valence-corrected chi connectivity index (χ1v) is 20.3. The van der Waals surface area contributed by atoms with Crippen LogP contribution in [0.25, 0.3) is 10.1 Å². The summed E-state index contributed by atoms with van der Waals surface area (Å²) >= 11 is 1.68. The number of hydrogen-bond acceptors (Lipinski definition) is 7. The van der Waals surface area contributed by atoms with E-state index in [1.807, 2.05) is 146 Å². The van der Waals surface area contributed by atoms with Crippen LogP contribution in [0.3, 0.4) is 0 Å². The molecule has 57 heavy (non-hydrogen) atoms. The number of fused-ring (bicyclic) bond motifs is 1. The molecule has 0 bridgehead atoms. The Bertz CT molecular complexity index is 2230. The Labute approximate surface area is 339 Å². The molecule has 1 heterocycles. The molecule has 0 unspecified atom stereocenters. The van der Waals surface area contributed by atoms with E-state index in [1.54, 1.807) is 11.3 Å². The van der Waals surface area contributed by atoms with Crippen molar-refractivity contribution in [1.29, 1.82) is 0 Å². The highest BCUT2D eigenvalue weighted by Crippen LogP contribution is 2.30. The number of rotatable bonds is 21. The maximum atomic E-state index is 15.1. The molecule has 0 aliphatic rings. The number of carbonyl (C=O) groups excluding carboxylic acids is 1. The SMILES string of the molecule is O=C(c1ccc2scc(CCc3ccccc3)c2c1)[C@H](OCc1ccccc1)[C@@H](OCc1ccccc1)[C@H](OCc1ccccc1)[C@H](O)COCc1ccccc1. The van der Waals surface area contributed by atoms with Crippen molar-refractivity contribution in [2.24, 2.45) is 0 Å². The van der Waals surface area contributed by atoms with Gasteiger partial charge in [-0.1, -0.05) is 152 Å². The van der Waals surface area contributed by atoms with E-state index in [9.17, 15) is 5.11 Å². The molecule has 4 atom stereocenters. The molecule has 7 rings (SSSR count). The van der Waals surface area contributed by atoms with Crippen molar-refractivity contribution >= 4 is 27.2 Å². The first-order chi connectivity index (χ1) is 28.1. The number of aliphatic hydroxyl groups excluding tert-OH is 1. The smallest absolute Gasteiger partial charge is 0.194 e. The van der Waals surface area contributed by atoms with Crippen molar-refractivity contribution in [2.75, 3.05) is 6.61 Å². The van der Waals surface area contributed by atoms with Crippen LogP contribution in [0, 0.1) is 0 Å². The summed E-state index contributed by atoms with van der Waals surface area (Å²) in [4.78, 5) is 15.1. The summed E-state index contributed by atoms with van der Waals surface area (Å²) in [6.45, 7) is 0.749. The standard InChI is InChI=1S/C50H48O6S/c51-45(35-53-31-38-18-8-2-9-19-38)48(54-32-39-20-10-3-11-21-39)50(56-34-41-24-14-5-15-25-41)49(55-33-40-22-12-4-13-23-40)47(52)42-28-29-46-44(30-42)43(36-57-46)27-26-37-16-6-1-7-17-37/h1-25,28-30,36,45,48-51H,26-27,31-35H2/t45-,48-,49+,50+/m1/s1. The molecule has 0 amide bonds. The lowest BCUT2D eigenvalue weighted by molar-refractivity contribution is -0.178. The maximum Gasteiger partial charge on any atom is 0.194 e. The molecule has 0 fully saturated rings. The number of Topliss-reactive ketones (excluding diaryl/α,β-unsaturated/α-hetero) is 1. The molecule has 6 aromatic carbocycles. The molecule has 0 aliphatic carbocycles. The van der Waals surface area contributed by atoms with Gasteiger partial charge in [0.1, 0.15) is 24.4 Å². The lowest BCUT2D eigenvalue weighted by atomic mass is 9.94. The molecule has 0 spiro atoms. The van der Waals surface area contributed by atoms with Crippen LogP contribution in [0.4, 0.5) is 0 Å². The Hall–Kier alpha value is -5.25. The van der Waals surface area contributed by atoms with Crippen molar-refractivity contribution in [3.63, 3.8) is 0 Å². The summed E-state index contributed by atoms with van der Waals surface area (Å²) in [6, 6.07) is 55.5. The van der Waals surface area contributed by atoms with Gasteiger partial charge in [-0.2, -0.15) is 0 Å². The van der Waals surface area contributed by atoms with E-state index in [0.717, 1.165) is 45.2 Å². The molecule has 0 saturated heterocycles. The zero-order chi connectivity index (χ0) is 39.1. The van der Waals surface area contributed by atoms with Gasteiger partial charge in [-0.25, -0.2) is 0 Å². The number of aliphatic hydroxyl groups is 1. The molecule has 0 aliphatic heterocycles. The molecule has 7 aromatic rings. The lowest BCUT2D eigenvalue weighted by Gasteiger charge is -2.35. The van der Waals surface area contributed by atoms with Crippen LogP contribution in [0.2, 0.25) is 0 Å². The van der Waals surface area contributed by atoms with E-state index in [0.29, 0.717) is 12.2 Å². The number of carbonyl (C=O) groups is 1. The van der Waals surface area contributed by atoms with E-state index < -0.39 is 24.4 Å². The van der Waals surface area contributed by atoms with Crippen LogP contribution in [0.1, 0.15) is 43.7 Å². The number of ether oxygens (including phenoxy) is 4. The minimum Gasteiger partial charge on any atom is -0.388 e. The number of hydrogen-bond donors (Lipinski definition) is 1. The van der Waals surface area contributed by atoms with Gasteiger partial charge in [0.25, 0.3) is 0 Å². The highest BCUT2D eigenvalue weighted by molar-refractivity contribution is 7.17. The third-order valence-electron chi connectivity index (χ3n) is 9.97. The number of ketones is 1. The fourth-order valence-electron chi connectivity index (χ4n) is 6.88. The molecule has 0 saturated carbocycles. The quantitative estimate of drug-likeness (QED) is 0.0733. The van der Waals surface area contributed by atoms with E-state index in [1.165, 1.54) is 11.1 Å². The second-order valence-corrected chi connectivity index (χ2v) is 15.0. The van der Waals surface area contributed by atoms with Crippen LogP contribution >= 0.6 is 11.3 Å². The summed E-state index contributed by atoms with van der Waals surface area (Å²) in [5.74, 6) is -0.253. The zero-order valence-electron chi connectivity index (χ0n) is 31.9. The minimum absolute atomic E-state index is 0.0508. The topological polar surface area (TPSA) is 74.2 Å². The fourth-order valence-corrected chi connectivity index (χ4v) is 7.85. The largest absolute Gasteiger partial charge is 0.388 e. The Balaban J connectivity index is 1.23. The van der Waals surface area contributed by atoms with Gasteiger partial charge >= 0.3 is 0 Å². The van der Waals surface area contributed by atoms with Crippen LogP contribution in [0.5, 0.6) is 0 Å². The molecular weight excluding hydrogens is 729 g/mol. The highest BCUT2D eigenvalue weighted by atomic mass is 32.1. The first-order valence-electron chi connectivity index (χ1n) is 19.5. The zero-order valence-corrected chi connectivity index (χ0v) is 32.7. The highest BCUT2D eigenvalue weighted by Gasteiger charge is 2.41. The Kier molecular flexibility index (Phi) is 14.6. The predicted octanol–water partition coefficient (Wildman–Crippen LogP) is 10.2. The normalized spacial score (nSPS) is 13.6. The van der Waals surface area contributed by atoms with Gasteiger partial charge < -0.3 is 24.1 Å². The molecule has 6 nitrogen and oxygen atoms in total. The van der Waals surface area contributed by atoms with Gasteiger partial charge in [-0.3, -0.25) is 4.79 Å². The average molecular weight is 777 g/mol. The fraction of sp³-hybridized carbons (Fsp3) is 0.220. The van der Waals surface area contributed by atoms with Crippen LogP contribution in [-0.4, -0.2) is 41.9 Å². The molecule has 7 heteroatoms. The van der Waals surface area contributed by atoms with Gasteiger partial charge in [0, 0.05) is 10.3 Å². The first kappa shape index (κ1) is 40.0. The summed E-state index contributed by atoms with van der Waals surface area (Å²) < 4.78 is 27.3. The second kappa shape index (κ2) is 20.8. The summed E-state index contributed by atoms with van der Waals surface area (Å²) in [5, 5.41) is 15.3. The van der Waals surface area contributed by atoms with Gasteiger partial charge in [-0.15, -0.1) is 11.3 Å². The van der Waals surface area contributed by atoms with Crippen LogP contribution in [-0.2, 0) is 58.2 Å². The number of aryl methyl sites for hydroxylation is 2. The molecule has 0 radical (unpaired) electrons. The molecule has 290 valence electrons. The van der Waals surface area contributed by atoms with Crippen LogP contribution < -0.4 is 0 Å². The lowest BCUT2D eigenvalue weighted by Crippen LogP contribution is -2.52. The van der Waals surface area contributed by atoms with Gasteiger partial charge in [0.15, 0.2) is 5.78 Å². The Morgan fingerprint density at radius 3 is 1.54 bits per heavy atom.